The van der Waals surface area contributed by atoms with E-state index in [0.717, 1.165) is 26.2 Å². The molecule has 4 nitrogen and oxygen atoms in total. The molecule has 0 radical (unpaired) electrons. The van der Waals surface area contributed by atoms with Crippen LogP contribution in [0.15, 0.2) is 71.2 Å². The summed E-state index contributed by atoms with van der Waals surface area (Å²) < 4.78 is 1.01. The molecule has 2 aromatic carbocycles. The zero-order valence-electron chi connectivity index (χ0n) is 15.4. The van der Waals surface area contributed by atoms with Crippen LogP contribution in [-0.2, 0) is 4.79 Å². The van der Waals surface area contributed by atoms with E-state index in [1.165, 1.54) is 22.4 Å². The first-order valence-electron chi connectivity index (χ1n) is 8.81. The van der Waals surface area contributed by atoms with E-state index in [1.54, 1.807) is 29.7 Å². The van der Waals surface area contributed by atoms with Crippen LogP contribution in [0.1, 0.15) is 16.0 Å². The Kier molecular flexibility index (Phi) is 5.85. The van der Waals surface area contributed by atoms with E-state index in [9.17, 15) is 4.79 Å². The summed E-state index contributed by atoms with van der Waals surface area (Å²) in [5.74, 6) is -0.298. The summed E-state index contributed by atoms with van der Waals surface area (Å²) in [6, 6.07) is 17.3. The third-order valence-electron chi connectivity index (χ3n) is 4.08. The summed E-state index contributed by atoms with van der Waals surface area (Å²) in [4.78, 5) is 18.5. The molecular formula is C22H16ClN3OS2. The summed E-state index contributed by atoms with van der Waals surface area (Å²) in [5.41, 5.74) is 2.76. The van der Waals surface area contributed by atoms with Crippen molar-refractivity contribution in [3.63, 3.8) is 0 Å². The minimum absolute atomic E-state index is 0.298. The maximum Gasteiger partial charge on any atom is 0.273 e. The number of rotatable bonds is 5. The van der Waals surface area contributed by atoms with Gasteiger partial charge in [-0.15, -0.1) is 11.3 Å². The number of fused-ring (bicyclic) bond motifs is 1. The van der Waals surface area contributed by atoms with E-state index in [-0.39, 0.29) is 5.91 Å². The number of anilines is 1. The summed E-state index contributed by atoms with van der Waals surface area (Å²) in [6.07, 6.45) is 4.82. The number of carbonyl (C=O) groups excluding carboxylic acids is 1. The number of benzene rings is 2. The van der Waals surface area contributed by atoms with Crippen molar-refractivity contribution >= 4 is 67.8 Å². The lowest BCUT2D eigenvalue weighted by Gasteiger charge is -2.11. The number of carbonyl (C=O) groups is 1. The molecule has 0 atom stereocenters. The van der Waals surface area contributed by atoms with E-state index >= 15 is 0 Å². The van der Waals surface area contributed by atoms with Crippen LogP contribution in [0, 0.1) is 6.92 Å². The Hall–Kier alpha value is -2.80. The van der Waals surface area contributed by atoms with Crippen molar-refractivity contribution in [3.8, 4) is 0 Å². The Balaban J connectivity index is 1.69. The maximum atomic E-state index is 13.0. The average molecular weight is 438 g/mol. The van der Waals surface area contributed by atoms with E-state index < -0.39 is 0 Å². The molecule has 0 aliphatic heterocycles. The second-order valence-electron chi connectivity index (χ2n) is 6.23. The summed E-state index contributed by atoms with van der Waals surface area (Å²) in [5, 5.41) is 8.82. The van der Waals surface area contributed by atoms with Crippen molar-refractivity contribution in [2.24, 2.45) is 5.10 Å². The van der Waals surface area contributed by atoms with E-state index in [1.807, 2.05) is 54.8 Å². The van der Waals surface area contributed by atoms with Crippen molar-refractivity contribution in [2.75, 3.05) is 5.01 Å². The van der Waals surface area contributed by atoms with Gasteiger partial charge < -0.3 is 0 Å². The van der Waals surface area contributed by atoms with Gasteiger partial charge in [0.2, 0.25) is 5.13 Å². The SMILES string of the molecule is Cc1ccc2nc(N(/N=C/c3cccs3)C(=O)/C=C/c3ccccc3Cl)sc2c1. The first kappa shape index (κ1) is 19.5. The van der Waals surface area contributed by atoms with Gasteiger partial charge in [0.25, 0.3) is 5.91 Å². The fourth-order valence-electron chi connectivity index (χ4n) is 2.63. The van der Waals surface area contributed by atoms with Crippen LogP contribution in [-0.4, -0.2) is 17.1 Å². The number of aromatic nitrogens is 1. The predicted molar refractivity (Wildman–Crippen MR) is 124 cm³/mol. The number of amides is 1. The molecule has 2 heterocycles. The van der Waals surface area contributed by atoms with Crippen LogP contribution in [0.2, 0.25) is 5.02 Å². The molecule has 0 saturated heterocycles. The maximum absolute atomic E-state index is 13.0. The van der Waals surface area contributed by atoms with E-state index in [4.69, 9.17) is 11.6 Å². The summed E-state index contributed by atoms with van der Waals surface area (Å²) >= 11 is 9.17. The van der Waals surface area contributed by atoms with Gasteiger partial charge in [-0.2, -0.15) is 10.1 Å². The van der Waals surface area contributed by atoms with Crippen LogP contribution in [0.5, 0.6) is 0 Å². The van der Waals surface area contributed by atoms with Crippen LogP contribution >= 0.6 is 34.3 Å². The number of hydrazone groups is 1. The van der Waals surface area contributed by atoms with Crippen LogP contribution in [0.3, 0.4) is 0 Å². The normalized spacial score (nSPS) is 11.7. The predicted octanol–water partition coefficient (Wildman–Crippen LogP) is 6.40. The minimum Gasteiger partial charge on any atom is -0.267 e. The molecule has 0 aliphatic rings. The summed E-state index contributed by atoms with van der Waals surface area (Å²) in [7, 11) is 0. The molecule has 1 amide bonds. The van der Waals surface area contributed by atoms with Gasteiger partial charge in [0.05, 0.1) is 16.4 Å². The Morgan fingerprint density at radius 3 is 2.83 bits per heavy atom. The molecule has 0 saturated carbocycles. The number of aryl methyl sites for hydroxylation is 1. The molecule has 0 aliphatic carbocycles. The van der Waals surface area contributed by atoms with Crippen LogP contribution in [0.4, 0.5) is 5.13 Å². The first-order valence-corrected chi connectivity index (χ1v) is 10.9. The highest BCUT2D eigenvalue weighted by atomic mass is 35.5. The third-order valence-corrected chi connectivity index (χ3v) is 6.22. The summed E-state index contributed by atoms with van der Waals surface area (Å²) in [6.45, 7) is 2.03. The van der Waals surface area contributed by atoms with Gasteiger partial charge in [0.15, 0.2) is 0 Å². The second-order valence-corrected chi connectivity index (χ2v) is 8.63. The molecule has 2 aromatic heterocycles. The molecule has 0 bridgehead atoms. The highest BCUT2D eigenvalue weighted by Gasteiger charge is 2.17. The van der Waals surface area contributed by atoms with Crippen molar-refractivity contribution < 1.29 is 4.79 Å². The Bertz CT molecular complexity index is 1210. The van der Waals surface area contributed by atoms with Crippen LogP contribution < -0.4 is 5.01 Å². The Labute approximate surface area is 181 Å². The van der Waals surface area contributed by atoms with Gasteiger partial charge in [-0.3, -0.25) is 4.79 Å². The van der Waals surface area contributed by atoms with Gasteiger partial charge in [-0.25, -0.2) is 4.98 Å². The molecule has 0 fully saturated rings. The average Bonchev–Trinajstić information content (AvgIpc) is 3.37. The number of halogens is 1. The van der Waals surface area contributed by atoms with E-state index in [2.05, 4.69) is 16.2 Å². The monoisotopic (exact) mass is 437 g/mol. The minimum atomic E-state index is -0.298. The topological polar surface area (TPSA) is 45.6 Å². The number of thiophene rings is 1. The molecule has 144 valence electrons. The largest absolute Gasteiger partial charge is 0.273 e. The van der Waals surface area contributed by atoms with Gasteiger partial charge in [-0.1, -0.05) is 53.3 Å². The fraction of sp³-hybridized carbons (Fsp3) is 0.0455. The lowest BCUT2D eigenvalue weighted by atomic mass is 10.2. The molecule has 0 spiro atoms. The highest BCUT2D eigenvalue weighted by Crippen LogP contribution is 2.30. The standard InChI is InChI=1S/C22H16ClN3OS2/c1-15-8-10-19-20(13-15)29-22(25-19)26(24-14-17-6-4-12-28-17)21(27)11-9-16-5-2-3-7-18(16)23/h2-14H,1H3/b11-9+,24-14+. The third kappa shape index (κ3) is 4.62. The number of hydrogen-bond donors (Lipinski definition) is 0. The number of hydrogen-bond acceptors (Lipinski definition) is 5. The lowest BCUT2D eigenvalue weighted by Crippen LogP contribution is -2.23. The van der Waals surface area contributed by atoms with Crippen molar-refractivity contribution in [2.45, 2.75) is 6.92 Å². The van der Waals surface area contributed by atoms with Gasteiger partial charge in [0.1, 0.15) is 0 Å². The fourth-order valence-corrected chi connectivity index (χ4v) is 4.44. The van der Waals surface area contributed by atoms with E-state index in [0.29, 0.717) is 10.2 Å². The number of thiazole rings is 1. The molecular weight excluding hydrogens is 422 g/mol. The molecule has 0 unspecified atom stereocenters. The van der Waals surface area contributed by atoms with Crippen molar-refractivity contribution in [1.29, 1.82) is 0 Å². The van der Waals surface area contributed by atoms with Crippen molar-refractivity contribution in [3.05, 3.63) is 87.1 Å². The molecule has 29 heavy (non-hydrogen) atoms. The van der Waals surface area contributed by atoms with Gasteiger partial charge >= 0.3 is 0 Å². The van der Waals surface area contributed by atoms with Gasteiger partial charge in [-0.05, 0) is 53.8 Å². The first-order chi connectivity index (χ1) is 14.1. The molecule has 0 N–H and O–H groups in total. The molecule has 7 heteroatoms. The number of nitrogens with zero attached hydrogens (tertiary/aromatic N) is 3. The Morgan fingerprint density at radius 2 is 2.03 bits per heavy atom. The second kappa shape index (κ2) is 8.69. The zero-order chi connectivity index (χ0) is 20.2. The Morgan fingerprint density at radius 1 is 1.17 bits per heavy atom. The zero-order valence-corrected chi connectivity index (χ0v) is 17.8. The van der Waals surface area contributed by atoms with Crippen molar-refractivity contribution in [1.82, 2.24) is 4.98 Å². The molecule has 4 aromatic rings. The van der Waals surface area contributed by atoms with Crippen LogP contribution in [0.25, 0.3) is 16.3 Å². The quantitative estimate of drug-likeness (QED) is 0.206. The lowest BCUT2D eigenvalue weighted by molar-refractivity contribution is -0.114. The smallest absolute Gasteiger partial charge is 0.267 e. The highest BCUT2D eigenvalue weighted by molar-refractivity contribution is 7.22. The molecule has 4 rings (SSSR count). The van der Waals surface area contributed by atoms with Gasteiger partial charge in [0, 0.05) is 16.0 Å².